The van der Waals surface area contributed by atoms with Crippen molar-refractivity contribution in [1.82, 2.24) is 9.78 Å². The van der Waals surface area contributed by atoms with Crippen LogP contribution in [0, 0.1) is 23.7 Å². The SMILES string of the molecule is CNc1cc(CN)n(C2C3CC4CC(C3)CC2C4)n1. The lowest BCUT2D eigenvalue weighted by atomic mass is 9.54. The van der Waals surface area contributed by atoms with Crippen LogP contribution in [0.4, 0.5) is 5.82 Å². The van der Waals surface area contributed by atoms with Crippen LogP contribution in [0.5, 0.6) is 0 Å². The van der Waals surface area contributed by atoms with Gasteiger partial charge < -0.3 is 11.1 Å². The zero-order valence-corrected chi connectivity index (χ0v) is 11.7. The van der Waals surface area contributed by atoms with Gasteiger partial charge in [0.15, 0.2) is 0 Å². The molecule has 1 aromatic heterocycles. The van der Waals surface area contributed by atoms with Crippen molar-refractivity contribution in [2.24, 2.45) is 29.4 Å². The maximum Gasteiger partial charge on any atom is 0.148 e. The van der Waals surface area contributed by atoms with Crippen LogP contribution in [0.3, 0.4) is 0 Å². The van der Waals surface area contributed by atoms with Gasteiger partial charge in [-0.2, -0.15) is 5.10 Å². The average molecular weight is 260 g/mol. The highest BCUT2D eigenvalue weighted by Gasteiger charge is 2.49. The van der Waals surface area contributed by atoms with Crippen LogP contribution in [0.2, 0.25) is 0 Å². The monoisotopic (exact) mass is 260 g/mol. The van der Waals surface area contributed by atoms with Gasteiger partial charge in [0.05, 0.1) is 11.7 Å². The summed E-state index contributed by atoms with van der Waals surface area (Å²) in [6.45, 7) is 0.595. The Morgan fingerprint density at radius 3 is 2.37 bits per heavy atom. The van der Waals surface area contributed by atoms with Gasteiger partial charge in [0.2, 0.25) is 0 Å². The minimum absolute atomic E-state index is 0.595. The molecule has 0 radical (unpaired) electrons. The van der Waals surface area contributed by atoms with E-state index in [1.165, 1.54) is 37.8 Å². The molecule has 19 heavy (non-hydrogen) atoms. The highest BCUT2D eigenvalue weighted by molar-refractivity contribution is 5.35. The number of anilines is 1. The van der Waals surface area contributed by atoms with Crippen LogP contribution in [0.1, 0.15) is 43.8 Å². The predicted octanol–water partition coefficient (Wildman–Crippen LogP) is 2.38. The van der Waals surface area contributed by atoms with Gasteiger partial charge in [0.25, 0.3) is 0 Å². The number of rotatable bonds is 3. The van der Waals surface area contributed by atoms with E-state index in [4.69, 9.17) is 10.8 Å². The minimum atomic E-state index is 0.595. The van der Waals surface area contributed by atoms with Crippen molar-refractivity contribution in [1.29, 1.82) is 0 Å². The molecule has 0 saturated heterocycles. The third-order valence-corrected chi connectivity index (χ3v) is 5.74. The molecule has 0 amide bonds. The summed E-state index contributed by atoms with van der Waals surface area (Å²) in [6.07, 6.45) is 7.21. The van der Waals surface area contributed by atoms with Crippen molar-refractivity contribution >= 4 is 5.82 Å². The Morgan fingerprint density at radius 1 is 1.21 bits per heavy atom. The third-order valence-electron chi connectivity index (χ3n) is 5.74. The third kappa shape index (κ3) is 1.72. The highest BCUT2D eigenvalue weighted by Crippen LogP contribution is 2.58. The second kappa shape index (κ2) is 4.23. The standard InChI is InChI=1S/C15H24N4/c1-17-14-7-13(8-16)19(18-14)15-11-3-9-2-10(5-11)6-12(15)4-9/h7,9-12,15H,2-6,8,16H2,1H3,(H,17,18). The summed E-state index contributed by atoms with van der Waals surface area (Å²) in [5.74, 6) is 4.70. The predicted molar refractivity (Wildman–Crippen MR) is 75.7 cm³/mol. The summed E-state index contributed by atoms with van der Waals surface area (Å²) in [4.78, 5) is 0. The Labute approximate surface area is 114 Å². The molecule has 5 rings (SSSR count). The number of hydrogen-bond acceptors (Lipinski definition) is 3. The maximum absolute atomic E-state index is 5.92. The quantitative estimate of drug-likeness (QED) is 0.877. The van der Waals surface area contributed by atoms with Crippen LogP contribution in [-0.4, -0.2) is 16.8 Å². The molecule has 4 bridgehead atoms. The lowest BCUT2D eigenvalue weighted by Crippen LogP contribution is -2.46. The Morgan fingerprint density at radius 2 is 1.84 bits per heavy atom. The molecule has 4 aliphatic carbocycles. The van der Waals surface area contributed by atoms with Gasteiger partial charge in [0, 0.05) is 19.7 Å². The van der Waals surface area contributed by atoms with E-state index in [0.29, 0.717) is 12.6 Å². The summed E-state index contributed by atoms with van der Waals surface area (Å²) >= 11 is 0. The van der Waals surface area contributed by atoms with Crippen LogP contribution < -0.4 is 11.1 Å². The largest absolute Gasteiger partial charge is 0.372 e. The van der Waals surface area contributed by atoms with Gasteiger partial charge in [-0.3, -0.25) is 4.68 Å². The van der Waals surface area contributed by atoms with Crippen LogP contribution in [0.25, 0.3) is 0 Å². The van der Waals surface area contributed by atoms with Gasteiger partial charge in [-0.1, -0.05) is 0 Å². The Balaban J connectivity index is 1.70. The molecule has 1 aromatic rings. The van der Waals surface area contributed by atoms with E-state index in [2.05, 4.69) is 16.1 Å². The molecule has 4 fully saturated rings. The smallest absolute Gasteiger partial charge is 0.148 e. The highest BCUT2D eigenvalue weighted by atomic mass is 15.3. The van der Waals surface area contributed by atoms with Gasteiger partial charge in [-0.15, -0.1) is 0 Å². The van der Waals surface area contributed by atoms with Crippen LogP contribution in [-0.2, 0) is 6.54 Å². The van der Waals surface area contributed by atoms with Crippen LogP contribution >= 0.6 is 0 Å². The Hall–Kier alpha value is -1.03. The first kappa shape index (κ1) is 11.8. The van der Waals surface area contributed by atoms with E-state index in [0.717, 1.165) is 29.5 Å². The molecular weight excluding hydrogens is 236 g/mol. The van der Waals surface area contributed by atoms with Crippen LogP contribution in [0.15, 0.2) is 6.07 Å². The zero-order chi connectivity index (χ0) is 13.0. The molecule has 0 spiro atoms. The molecule has 4 heteroatoms. The fourth-order valence-electron chi connectivity index (χ4n) is 5.26. The van der Waals surface area contributed by atoms with Gasteiger partial charge >= 0.3 is 0 Å². The molecule has 0 unspecified atom stereocenters. The fourth-order valence-corrected chi connectivity index (χ4v) is 5.26. The van der Waals surface area contributed by atoms with E-state index < -0.39 is 0 Å². The summed E-state index contributed by atoms with van der Waals surface area (Å²) in [5.41, 5.74) is 7.12. The van der Waals surface area contributed by atoms with E-state index in [9.17, 15) is 0 Å². The summed E-state index contributed by atoms with van der Waals surface area (Å²) < 4.78 is 2.28. The normalized spacial score (nSPS) is 39.8. The molecule has 0 atom stereocenters. The van der Waals surface area contributed by atoms with Crippen molar-refractivity contribution < 1.29 is 0 Å². The maximum atomic E-state index is 5.92. The Bertz CT molecular complexity index is 450. The summed E-state index contributed by atoms with van der Waals surface area (Å²) in [7, 11) is 1.93. The molecule has 4 aliphatic rings. The van der Waals surface area contributed by atoms with Gasteiger partial charge in [-0.05, 0) is 55.8 Å². The van der Waals surface area contributed by atoms with Gasteiger partial charge in [0.1, 0.15) is 5.82 Å². The van der Waals surface area contributed by atoms with E-state index in [1.807, 2.05) is 7.05 Å². The fraction of sp³-hybridized carbons (Fsp3) is 0.800. The molecular formula is C15H24N4. The molecule has 0 aliphatic heterocycles. The minimum Gasteiger partial charge on any atom is -0.372 e. The molecule has 0 aromatic carbocycles. The van der Waals surface area contributed by atoms with E-state index in [-0.39, 0.29) is 0 Å². The first-order valence-electron chi connectivity index (χ1n) is 7.74. The topological polar surface area (TPSA) is 55.9 Å². The van der Waals surface area contributed by atoms with E-state index in [1.54, 1.807) is 0 Å². The second-order valence-corrected chi connectivity index (χ2v) is 6.84. The number of hydrogen-bond donors (Lipinski definition) is 2. The van der Waals surface area contributed by atoms with E-state index >= 15 is 0 Å². The molecule has 4 nitrogen and oxygen atoms in total. The average Bonchev–Trinajstić information content (AvgIpc) is 2.81. The lowest BCUT2D eigenvalue weighted by Gasteiger charge is -2.54. The zero-order valence-electron chi connectivity index (χ0n) is 11.7. The van der Waals surface area contributed by atoms with Crippen molar-refractivity contribution in [3.05, 3.63) is 11.8 Å². The van der Waals surface area contributed by atoms with Gasteiger partial charge in [-0.25, -0.2) is 0 Å². The first-order valence-corrected chi connectivity index (χ1v) is 7.74. The molecule has 3 N–H and O–H groups in total. The second-order valence-electron chi connectivity index (χ2n) is 6.84. The molecule has 4 saturated carbocycles. The number of aromatic nitrogens is 2. The van der Waals surface area contributed by atoms with Crippen molar-refractivity contribution in [3.8, 4) is 0 Å². The molecule has 104 valence electrons. The molecule has 1 heterocycles. The van der Waals surface area contributed by atoms with Crippen molar-refractivity contribution in [3.63, 3.8) is 0 Å². The first-order chi connectivity index (χ1) is 9.28. The summed E-state index contributed by atoms with van der Waals surface area (Å²) in [6, 6.07) is 2.74. The van der Waals surface area contributed by atoms with Crippen molar-refractivity contribution in [2.45, 2.75) is 44.7 Å². The lowest BCUT2D eigenvalue weighted by molar-refractivity contribution is -0.0345. The number of nitrogens with two attached hydrogens (primary N) is 1. The number of nitrogens with one attached hydrogen (secondary N) is 1. The van der Waals surface area contributed by atoms with Crippen molar-refractivity contribution in [2.75, 3.05) is 12.4 Å². The number of nitrogens with zero attached hydrogens (tertiary/aromatic N) is 2. The Kier molecular flexibility index (Phi) is 2.62. The summed E-state index contributed by atoms with van der Waals surface area (Å²) in [5, 5.41) is 7.93.